The van der Waals surface area contributed by atoms with E-state index >= 15 is 0 Å². The van der Waals surface area contributed by atoms with E-state index in [0.717, 1.165) is 6.07 Å². The normalized spacial score (nSPS) is 12.9. The molecule has 0 radical (unpaired) electrons. The van der Waals surface area contributed by atoms with Gasteiger partial charge in [-0.2, -0.15) is 0 Å². The van der Waals surface area contributed by atoms with Crippen LogP contribution >= 0.6 is 0 Å². The summed E-state index contributed by atoms with van der Waals surface area (Å²) in [4.78, 5) is 28.4. The minimum absolute atomic E-state index is 0.127. The van der Waals surface area contributed by atoms with Crippen LogP contribution in [0.15, 0.2) is 36.7 Å². The van der Waals surface area contributed by atoms with Gasteiger partial charge in [0.25, 0.3) is 11.8 Å². The second kappa shape index (κ2) is 7.30. The summed E-state index contributed by atoms with van der Waals surface area (Å²) >= 11 is 0. The van der Waals surface area contributed by atoms with Crippen molar-refractivity contribution < 1.29 is 18.7 Å². The Bertz CT molecular complexity index is 1110. The predicted molar refractivity (Wildman–Crippen MR) is 102 cm³/mol. The van der Waals surface area contributed by atoms with Gasteiger partial charge in [-0.25, -0.2) is 9.37 Å². The summed E-state index contributed by atoms with van der Waals surface area (Å²) in [6, 6.07) is 7.45. The van der Waals surface area contributed by atoms with Crippen molar-refractivity contribution in [1.29, 1.82) is 0 Å². The first kappa shape index (κ1) is 18.5. The van der Waals surface area contributed by atoms with Gasteiger partial charge in [-0.15, -0.1) is 10.2 Å². The Labute approximate surface area is 164 Å². The monoisotopic (exact) mass is 396 g/mol. The third-order valence-electron chi connectivity index (χ3n) is 4.30. The van der Waals surface area contributed by atoms with Crippen LogP contribution < -0.4 is 15.4 Å². The van der Waals surface area contributed by atoms with E-state index < -0.39 is 11.7 Å². The average molecular weight is 396 g/mol. The fourth-order valence-corrected chi connectivity index (χ4v) is 2.89. The number of fused-ring (bicyclic) bond motifs is 1. The van der Waals surface area contributed by atoms with Crippen molar-refractivity contribution in [2.75, 3.05) is 17.2 Å². The molecule has 148 valence electrons. The van der Waals surface area contributed by atoms with Gasteiger partial charge >= 0.3 is 0 Å². The third kappa shape index (κ3) is 3.64. The van der Waals surface area contributed by atoms with Crippen molar-refractivity contribution in [2.24, 2.45) is 0 Å². The van der Waals surface area contributed by atoms with E-state index in [4.69, 9.17) is 4.74 Å². The smallest absolute Gasteiger partial charge is 0.262 e. The number of carbonyl (C=O) groups excluding carboxylic acids is 2. The van der Waals surface area contributed by atoms with Gasteiger partial charge in [0.1, 0.15) is 29.4 Å². The van der Waals surface area contributed by atoms with Gasteiger partial charge in [0, 0.05) is 12.1 Å². The largest absolute Gasteiger partial charge is 0.481 e. The van der Waals surface area contributed by atoms with Crippen LogP contribution in [0.1, 0.15) is 30.2 Å². The number of hydrogen-bond acceptors (Lipinski definition) is 6. The number of anilines is 2. The molecule has 3 aromatic rings. The maximum Gasteiger partial charge on any atom is 0.262 e. The number of ether oxygens (including phenoxy) is 1. The van der Waals surface area contributed by atoms with Crippen molar-refractivity contribution in [3.63, 3.8) is 0 Å². The molecular formula is C19H17FN6O3. The predicted octanol–water partition coefficient (Wildman–Crippen LogP) is 2.64. The number of nitrogens with one attached hydrogen (secondary N) is 2. The molecular weight excluding hydrogens is 379 g/mol. The van der Waals surface area contributed by atoms with Crippen LogP contribution in [0.3, 0.4) is 0 Å². The highest BCUT2D eigenvalue weighted by atomic mass is 19.1. The standard InChI is InChI=1S/C19H17FN6O3/c1-10(2)26-9-21-25-18(26)13-4-3-5-16(22-13)24-19(28)11-6-14-15(7-12(11)20)29-8-17(27)23-14/h3-7,9-10H,8H2,1-2H3,(H,23,27)(H,22,24,28). The van der Waals surface area contributed by atoms with Gasteiger partial charge in [-0.3, -0.25) is 9.59 Å². The summed E-state index contributed by atoms with van der Waals surface area (Å²) in [5.41, 5.74) is 0.507. The van der Waals surface area contributed by atoms with E-state index in [9.17, 15) is 14.0 Å². The second-order valence-corrected chi connectivity index (χ2v) is 6.68. The van der Waals surface area contributed by atoms with Crippen LogP contribution in [-0.2, 0) is 4.79 Å². The number of halogens is 1. The van der Waals surface area contributed by atoms with Gasteiger partial charge in [0.2, 0.25) is 0 Å². The molecule has 2 amide bonds. The van der Waals surface area contributed by atoms with Crippen LogP contribution in [0.4, 0.5) is 15.9 Å². The molecule has 0 saturated heterocycles. The molecule has 10 heteroatoms. The lowest BCUT2D eigenvalue weighted by molar-refractivity contribution is -0.118. The zero-order valence-electron chi connectivity index (χ0n) is 15.6. The quantitative estimate of drug-likeness (QED) is 0.701. The van der Waals surface area contributed by atoms with Crippen molar-refractivity contribution >= 4 is 23.3 Å². The molecule has 2 aromatic heterocycles. The average Bonchev–Trinajstić information content (AvgIpc) is 3.18. The van der Waals surface area contributed by atoms with Gasteiger partial charge in [-0.1, -0.05) is 6.07 Å². The molecule has 0 bridgehead atoms. The molecule has 0 spiro atoms. The molecule has 4 rings (SSSR count). The fraction of sp³-hybridized carbons (Fsp3) is 0.211. The number of pyridine rings is 1. The van der Waals surface area contributed by atoms with E-state index in [1.807, 2.05) is 18.4 Å². The molecule has 2 N–H and O–H groups in total. The Morgan fingerprint density at radius 3 is 2.97 bits per heavy atom. The summed E-state index contributed by atoms with van der Waals surface area (Å²) in [6.45, 7) is 3.77. The topological polar surface area (TPSA) is 111 Å². The Hall–Kier alpha value is -3.82. The highest BCUT2D eigenvalue weighted by Crippen LogP contribution is 2.31. The number of amides is 2. The summed E-state index contributed by atoms with van der Waals surface area (Å²) in [6.07, 6.45) is 1.60. The van der Waals surface area contributed by atoms with Gasteiger partial charge in [0.15, 0.2) is 12.4 Å². The van der Waals surface area contributed by atoms with Gasteiger partial charge in [-0.05, 0) is 32.0 Å². The number of hydrogen-bond donors (Lipinski definition) is 2. The van der Waals surface area contributed by atoms with Crippen molar-refractivity contribution in [3.8, 4) is 17.3 Å². The lowest BCUT2D eigenvalue weighted by atomic mass is 10.1. The zero-order chi connectivity index (χ0) is 20.5. The molecule has 1 aromatic carbocycles. The van der Waals surface area contributed by atoms with Crippen LogP contribution in [0.25, 0.3) is 11.5 Å². The molecule has 1 aliphatic heterocycles. The van der Waals surface area contributed by atoms with E-state index in [-0.39, 0.29) is 41.4 Å². The number of benzene rings is 1. The lowest BCUT2D eigenvalue weighted by Gasteiger charge is -2.19. The number of rotatable bonds is 4. The van der Waals surface area contributed by atoms with Crippen LogP contribution in [0.2, 0.25) is 0 Å². The fourth-order valence-electron chi connectivity index (χ4n) is 2.89. The SMILES string of the molecule is CC(C)n1cnnc1-c1cccc(NC(=O)c2cc3c(cc2F)OCC(=O)N3)n1. The highest BCUT2D eigenvalue weighted by molar-refractivity contribution is 6.06. The van der Waals surface area contributed by atoms with Crippen molar-refractivity contribution in [2.45, 2.75) is 19.9 Å². The molecule has 3 heterocycles. The molecule has 0 saturated carbocycles. The first-order chi connectivity index (χ1) is 13.9. The number of aromatic nitrogens is 4. The maximum atomic E-state index is 14.4. The van der Waals surface area contributed by atoms with E-state index in [2.05, 4.69) is 25.8 Å². The maximum absolute atomic E-state index is 14.4. The van der Waals surface area contributed by atoms with Gasteiger partial charge < -0.3 is 19.9 Å². The minimum atomic E-state index is -0.770. The Balaban J connectivity index is 1.60. The van der Waals surface area contributed by atoms with Crippen LogP contribution in [0.5, 0.6) is 5.75 Å². The highest BCUT2D eigenvalue weighted by Gasteiger charge is 2.22. The van der Waals surface area contributed by atoms with Gasteiger partial charge in [0.05, 0.1) is 11.3 Å². The molecule has 0 unspecified atom stereocenters. The first-order valence-corrected chi connectivity index (χ1v) is 8.87. The Morgan fingerprint density at radius 2 is 2.17 bits per heavy atom. The third-order valence-corrected chi connectivity index (χ3v) is 4.30. The molecule has 0 atom stereocenters. The molecule has 1 aliphatic rings. The number of carbonyl (C=O) groups is 2. The Morgan fingerprint density at radius 1 is 1.34 bits per heavy atom. The summed E-state index contributed by atoms with van der Waals surface area (Å²) < 4.78 is 21.4. The lowest BCUT2D eigenvalue weighted by Crippen LogP contribution is -2.26. The summed E-state index contributed by atoms with van der Waals surface area (Å²) in [7, 11) is 0. The summed E-state index contributed by atoms with van der Waals surface area (Å²) in [5, 5.41) is 13.1. The van der Waals surface area contributed by atoms with Crippen LogP contribution in [-0.4, -0.2) is 38.2 Å². The molecule has 0 fully saturated rings. The molecule has 0 aliphatic carbocycles. The minimum Gasteiger partial charge on any atom is -0.481 e. The molecule has 29 heavy (non-hydrogen) atoms. The van der Waals surface area contributed by atoms with Crippen molar-refractivity contribution in [3.05, 3.63) is 48.0 Å². The van der Waals surface area contributed by atoms with E-state index in [0.29, 0.717) is 11.5 Å². The number of nitrogens with zero attached hydrogens (tertiary/aromatic N) is 4. The first-order valence-electron chi connectivity index (χ1n) is 8.87. The second-order valence-electron chi connectivity index (χ2n) is 6.68. The van der Waals surface area contributed by atoms with E-state index in [1.54, 1.807) is 24.5 Å². The van der Waals surface area contributed by atoms with Crippen LogP contribution in [0, 0.1) is 5.82 Å². The van der Waals surface area contributed by atoms with Crippen molar-refractivity contribution in [1.82, 2.24) is 19.7 Å². The Kier molecular flexibility index (Phi) is 4.67. The zero-order valence-corrected chi connectivity index (χ0v) is 15.6. The molecule has 9 nitrogen and oxygen atoms in total. The van der Waals surface area contributed by atoms with E-state index in [1.165, 1.54) is 6.07 Å². The summed E-state index contributed by atoms with van der Waals surface area (Å²) in [5.74, 6) is -0.904.